The first kappa shape index (κ1) is 23.9. The molecular formula is C29H31N3O4. The molecule has 36 heavy (non-hydrogen) atoms. The van der Waals surface area contributed by atoms with E-state index in [-0.39, 0.29) is 18.5 Å². The molecule has 3 aromatic rings. The van der Waals surface area contributed by atoms with Crippen LogP contribution in [0.2, 0.25) is 0 Å². The van der Waals surface area contributed by atoms with E-state index in [0.717, 1.165) is 39.8 Å². The van der Waals surface area contributed by atoms with Crippen LogP contribution < -0.4 is 15.4 Å². The van der Waals surface area contributed by atoms with Crippen LogP contribution in [0.5, 0.6) is 5.75 Å². The molecule has 1 heterocycles. The van der Waals surface area contributed by atoms with Crippen molar-refractivity contribution < 1.29 is 19.1 Å². The van der Waals surface area contributed by atoms with Crippen molar-refractivity contribution in [3.63, 3.8) is 0 Å². The van der Waals surface area contributed by atoms with Crippen molar-refractivity contribution in [2.75, 3.05) is 13.7 Å². The largest absolute Gasteiger partial charge is 0.497 e. The number of fused-ring (bicyclic) bond motifs is 2. The Kier molecular flexibility index (Phi) is 6.16. The average molecular weight is 486 g/mol. The smallest absolute Gasteiger partial charge is 0.325 e. The number of imide groups is 1. The Morgan fingerprint density at radius 1 is 1.03 bits per heavy atom. The topological polar surface area (TPSA) is 87.7 Å². The van der Waals surface area contributed by atoms with Crippen LogP contribution in [0.25, 0.3) is 10.8 Å². The maximum atomic E-state index is 13.4. The monoisotopic (exact) mass is 485 g/mol. The molecule has 1 fully saturated rings. The number of rotatable bonds is 6. The molecule has 0 bridgehead atoms. The first-order valence-corrected chi connectivity index (χ1v) is 12.4. The number of nitrogens with zero attached hydrogens (tertiary/aromatic N) is 1. The van der Waals surface area contributed by atoms with Gasteiger partial charge in [-0.15, -0.1) is 0 Å². The minimum atomic E-state index is -1.25. The van der Waals surface area contributed by atoms with Gasteiger partial charge in [-0.25, -0.2) is 4.79 Å². The number of carbonyl (C=O) groups excluding carboxylic acids is 3. The Hall–Kier alpha value is -3.87. The molecule has 0 spiro atoms. The van der Waals surface area contributed by atoms with Gasteiger partial charge >= 0.3 is 6.03 Å². The van der Waals surface area contributed by atoms with Gasteiger partial charge in [-0.2, -0.15) is 0 Å². The molecule has 4 amide bonds. The van der Waals surface area contributed by atoms with Crippen molar-refractivity contribution in [2.45, 2.75) is 51.1 Å². The van der Waals surface area contributed by atoms with Gasteiger partial charge in [-0.1, -0.05) is 36.4 Å². The highest BCUT2D eigenvalue weighted by Gasteiger charge is 2.49. The summed E-state index contributed by atoms with van der Waals surface area (Å²) < 4.78 is 5.28. The molecule has 2 aliphatic rings. The first-order valence-electron chi connectivity index (χ1n) is 12.4. The summed E-state index contributed by atoms with van der Waals surface area (Å²) in [5, 5.41) is 7.63. The average Bonchev–Trinajstić information content (AvgIpc) is 3.11. The van der Waals surface area contributed by atoms with Crippen LogP contribution in [0.4, 0.5) is 4.79 Å². The Morgan fingerprint density at radius 3 is 2.53 bits per heavy atom. The molecule has 0 radical (unpaired) electrons. The highest BCUT2D eigenvalue weighted by atomic mass is 16.5. The van der Waals surface area contributed by atoms with Crippen LogP contribution in [0.1, 0.15) is 55.0 Å². The quantitative estimate of drug-likeness (QED) is 0.508. The summed E-state index contributed by atoms with van der Waals surface area (Å²) in [6.45, 7) is 3.26. The van der Waals surface area contributed by atoms with Gasteiger partial charge < -0.3 is 15.4 Å². The second kappa shape index (κ2) is 9.30. The number of hydrogen-bond donors (Lipinski definition) is 2. The van der Waals surface area contributed by atoms with Crippen molar-refractivity contribution in [1.82, 2.24) is 15.5 Å². The van der Waals surface area contributed by atoms with Gasteiger partial charge in [0.15, 0.2) is 0 Å². The fourth-order valence-corrected chi connectivity index (χ4v) is 5.23. The number of nitrogens with one attached hydrogen (secondary N) is 2. The Bertz CT molecular complexity index is 1370. The number of methoxy groups -OCH3 is 1. The third kappa shape index (κ3) is 4.30. The van der Waals surface area contributed by atoms with Gasteiger partial charge in [-0.05, 0) is 90.8 Å². The van der Waals surface area contributed by atoms with E-state index >= 15 is 0 Å². The molecule has 1 aliphatic heterocycles. The predicted molar refractivity (Wildman–Crippen MR) is 138 cm³/mol. The number of aryl methyl sites for hydroxylation is 2. The summed E-state index contributed by atoms with van der Waals surface area (Å²) in [4.78, 5) is 40.0. The molecule has 0 saturated carbocycles. The zero-order chi connectivity index (χ0) is 25.4. The molecule has 2 atom stereocenters. The molecule has 7 heteroatoms. The molecule has 5 rings (SSSR count). The molecule has 1 saturated heterocycles. The molecule has 2 N–H and O–H groups in total. The minimum Gasteiger partial charge on any atom is -0.497 e. The van der Waals surface area contributed by atoms with E-state index in [1.54, 1.807) is 14.0 Å². The first-order chi connectivity index (χ1) is 17.3. The van der Waals surface area contributed by atoms with Gasteiger partial charge in [0.25, 0.3) is 5.91 Å². The van der Waals surface area contributed by atoms with Crippen molar-refractivity contribution in [3.05, 3.63) is 76.9 Å². The third-order valence-corrected chi connectivity index (χ3v) is 7.45. The van der Waals surface area contributed by atoms with Crippen molar-refractivity contribution >= 4 is 28.6 Å². The van der Waals surface area contributed by atoms with Crippen molar-refractivity contribution in [1.29, 1.82) is 0 Å². The molecule has 1 aliphatic carbocycles. The Labute approximate surface area is 210 Å². The fraction of sp³-hybridized carbons (Fsp3) is 0.345. The Balaban J connectivity index is 1.29. The molecule has 7 nitrogen and oxygen atoms in total. The molecular weight excluding hydrogens is 454 g/mol. The van der Waals surface area contributed by atoms with Crippen LogP contribution in [0, 0.1) is 0 Å². The van der Waals surface area contributed by atoms with E-state index in [1.807, 2.05) is 43.3 Å². The lowest BCUT2D eigenvalue weighted by Gasteiger charge is -2.23. The second-order valence-corrected chi connectivity index (χ2v) is 9.90. The van der Waals surface area contributed by atoms with E-state index in [1.165, 1.54) is 24.0 Å². The van der Waals surface area contributed by atoms with Gasteiger partial charge in [0.2, 0.25) is 5.91 Å². The van der Waals surface area contributed by atoms with E-state index in [9.17, 15) is 14.4 Å². The van der Waals surface area contributed by atoms with Crippen LogP contribution in [-0.4, -0.2) is 36.4 Å². The van der Waals surface area contributed by atoms with Crippen molar-refractivity contribution in [3.8, 4) is 5.75 Å². The number of ether oxygens (including phenoxy) is 1. The molecule has 0 unspecified atom stereocenters. The standard InChI is InChI=1S/C29H31N3O4/c1-18(20-9-8-19-6-4-5-7-21(19)14-20)30-26(33)17-32-27(34)29(2,31-28(32)35)24-12-10-23-16-25(36-3)13-11-22(23)15-24/h8-16,18H,4-7,17H2,1-3H3,(H,30,33)(H,31,35)/t18-,29-/m0/s1. The lowest BCUT2D eigenvalue weighted by molar-refractivity contribution is -0.135. The summed E-state index contributed by atoms with van der Waals surface area (Å²) in [5.41, 5.74) is 3.16. The summed E-state index contributed by atoms with van der Waals surface area (Å²) in [7, 11) is 1.61. The van der Waals surface area contributed by atoms with Crippen LogP contribution >= 0.6 is 0 Å². The lowest BCUT2D eigenvalue weighted by atomic mass is 9.89. The normalized spacial score (nSPS) is 20.1. The van der Waals surface area contributed by atoms with Crippen LogP contribution in [0.15, 0.2) is 54.6 Å². The molecule has 186 valence electrons. The van der Waals surface area contributed by atoms with Crippen LogP contribution in [-0.2, 0) is 28.0 Å². The Morgan fingerprint density at radius 2 is 1.75 bits per heavy atom. The SMILES string of the molecule is COc1ccc2cc([C@]3(C)NC(=O)N(CC(=O)N[C@@H](C)c4ccc5c(c4)CCCC5)C3=O)ccc2c1. The zero-order valence-corrected chi connectivity index (χ0v) is 20.9. The predicted octanol–water partition coefficient (Wildman–Crippen LogP) is 4.37. The van der Waals surface area contributed by atoms with E-state index in [0.29, 0.717) is 5.56 Å². The number of hydrogen-bond acceptors (Lipinski definition) is 4. The maximum Gasteiger partial charge on any atom is 0.325 e. The van der Waals surface area contributed by atoms with Gasteiger partial charge in [-0.3, -0.25) is 14.5 Å². The van der Waals surface area contributed by atoms with Gasteiger partial charge in [0, 0.05) is 0 Å². The zero-order valence-electron chi connectivity index (χ0n) is 20.9. The third-order valence-electron chi connectivity index (χ3n) is 7.45. The minimum absolute atomic E-state index is 0.227. The van der Waals surface area contributed by atoms with Crippen molar-refractivity contribution in [2.24, 2.45) is 0 Å². The molecule has 0 aromatic heterocycles. The highest BCUT2D eigenvalue weighted by Crippen LogP contribution is 2.32. The number of urea groups is 1. The summed E-state index contributed by atoms with van der Waals surface area (Å²) >= 11 is 0. The van der Waals surface area contributed by atoms with Crippen LogP contribution in [0.3, 0.4) is 0 Å². The van der Waals surface area contributed by atoms with E-state index < -0.39 is 17.5 Å². The number of amides is 4. The maximum absolute atomic E-state index is 13.4. The highest BCUT2D eigenvalue weighted by molar-refractivity contribution is 6.09. The second-order valence-electron chi connectivity index (χ2n) is 9.90. The fourth-order valence-electron chi connectivity index (χ4n) is 5.23. The molecule has 3 aromatic carbocycles. The number of benzene rings is 3. The summed E-state index contributed by atoms with van der Waals surface area (Å²) in [5.74, 6) is -0.0796. The lowest BCUT2D eigenvalue weighted by Crippen LogP contribution is -2.43. The van der Waals surface area contributed by atoms with E-state index in [2.05, 4.69) is 28.8 Å². The van der Waals surface area contributed by atoms with Gasteiger partial charge in [0.05, 0.1) is 13.2 Å². The van der Waals surface area contributed by atoms with E-state index in [4.69, 9.17) is 4.74 Å². The number of carbonyl (C=O) groups is 3. The summed E-state index contributed by atoms with van der Waals surface area (Å²) in [6, 6.07) is 16.8. The van der Waals surface area contributed by atoms with Gasteiger partial charge in [0.1, 0.15) is 17.8 Å². The summed E-state index contributed by atoms with van der Waals surface area (Å²) in [6.07, 6.45) is 4.57.